The Hall–Kier alpha value is -3.59. The molecule has 0 bridgehead atoms. The normalized spacial score (nSPS) is 22.6. The number of carboxylic acid groups (broad SMARTS) is 1. The number of amides is 3. The maximum Gasteiger partial charge on any atom is 0.433 e. The minimum atomic E-state index is -1.30. The van der Waals surface area contributed by atoms with Crippen molar-refractivity contribution in [1.82, 2.24) is 14.9 Å². The Morgan fingerprint density at radius 2 is 1.74 bits per heavy atom. The Morgan fingerprint density at radius 3 is 2.38 bits per heavy atom. The number of hydroxylamine groups is 2. The molecule has 3 amide bonds. The number of nitrogens with zero attached hydrogens (tertiary/aromatic N) is 3. The van der Waals surface area contributed by atoms with Crippen LogP contribution in [-0.4, -0.2) is 67.8 Å². The molecule has 34 heavy (non-hydrogen) atoms. The van der Waals surface area contributed by atoms with Crippen LogP contribution < -0.4 is 0 Å². The molecule has 0 aliphatic carbocycles. The van der Waals surface area contributed by atoms with Gasteiger partial charge < -0.3 is 20.0 Å². The van der Waals surface area contributed by atoms with Crippen LogP contribution in [0.5, 0.6) is 5.75 Å². The number of rotatable bonds is 7. The van der Waals surface area contributed by atoms with E-state index in [2.05, 4.69) is 0 Å². The van der Waals surface area contributed by atoms with Gasteiger partial charge in [-0.15, -0.1) is 0 Å². The molecule has 2 heterocycles. The van der Waals surface area contributed by atoms with E-state index in [1.54, 1.807) is 17.0 Å². The molecule has 4 rings (SSSR count). The summed E-state index contributed by atoms with van der Waals surface area (Å²) in [5.74, 6) is -0.517. The van der Waals surface area contributed by atoms with Crippen molar-refractivity contribution in [2.24, 2.45) is 0 Å². The van der Waals surface area contributed by atoms with E-state index in [1.165, 1.54) is 17.0 Å². The van der Waals surface area contributed by atoms with E-state index < -0.39 is 24.4 Å². The standard InChI is InChI=1S/C25H29N3O6/c1-2-3-9-21-24(31)27-20(14-17-10-12-19(29)13-11-17)23(30)26(15-18-7-5-4-6-8-18)16-22(27)28(34-21)25(32)33/h4-8,10-13,20-22,29H,2-3,9,14-16H2,1H3,(H,32,33). The van der Waals surface area contributed by atoms with Crippen LogP contribution in [0.4, 0.5) is 4.79 Å². The Bertz CT molecular complexity index is 1030. The second kappa shape index (κ2) is 10.1. The maximum atomic E-state index is 13.7. The van der Waals surface area contributed by atoms with Gasteiger partial charge in [0.1, 0.15) is 11.8 Å². The smallest absolute Gasteiger partial charge is 0.433 e. The first-order valence-electron chi connectivity index (χ1n) is 11.5. The van der Waals surface area contributed by atoms with E-state index in [9.17, 15) is 24.6 Å². The molecule has 2 N–H and O–H groups in total. The van der Waals surface area contributed by atoms with E-state index in [1.807, 2.05) is 37.3 Å². The highest BCUT2D eigenvalue weighted by atomic mass is 16.7. The van der Waals surface area contributed by atoms with Gasteiger partial charge in [0.25, 0.3) is 5.91 Å². The molecule has 2 aromatic carbocycles. The lowest BCUT2D eigenvalue weighted by Crippen LogP contribution is -2.73. The first-order valence-corrected chi connectivity index (χ1v) is 11.5. The summed E-state index contributed by atoms with van der Waals surface area (Å²) in [6, 6.07) is 15.0. The predicted molar refractivity (Wildman–Crippen MR) is 122 cm³/mol. The number of hydrogen-bond donors (Lipinski definition) is 2. The Labute approximate surface area is 198 Å². The lowest BCUT2D eigenvalue weighted by molar-refractivity contribution is -0.266. The topological polar surface area (TPSA) is 111 Å². The Balaban J connectivity index is 1.70. The molecule has 0 aromatic heterocycles. The quantitative estimate of drug-likeness (QED) is 0.648. The lowest BCUT2D eigenvalue weighted by atomic mass is 9.97. The highest BCUT2D eigenvalue weighted by molar-refractivity contribution is 5.92. The number of fused-ring (bicyclic) bond motifs is 1. The molecule has 0 spiro atoms. The van der Waals surface area contributed by atoms with Crippen LogP contribution in [0.3, 0.4) is 0 Å². The molecule has 3 atom stereocenters. The second-order valence-corrected chi connectivity index (χ2v) is 8.66. The number of hydrogen-bond acceptors (Lipinski definition) is 5. The summed E-state index contributed by atoms with van der Waals surface area (Å²) in [4.78, 5) is 47.9. The molecule has 9 nitrogen and oxygen atoms in total. The minimum absolute atomic E-state index is 0.0122. The van der Waals surface area contributed by atoms with Gasteiger partial charge in [0.05, 0.1) is 6.54 Å². The van der Waals surface area contributed by atoms with Gasteiger partial charge in [-0.05, 0) is 29.7 Å². The number of unbranched alkanes of at least 4 members (excludes halogenated alkanes) is 1. The summed E-state index contributed by atoms with van der Waals surface area (Å²) < 4.78 is 0. The number of benzene rings is 2. The van der Waals surface area contributed by atoms with Crippen LogP contribution in [0, 0.1) is 0 Å². The Kier molecular flexibility index (Phi) is 7.02. The van der Waals surface area contributed by atoms with Gasteiger partial charge in [-0.25, -0.2) is 4.79 Å². The fourth-order valence-electron chi connectivity index (χ4n) is 4.54. The maximum absolute atomic E-state index is 13.7. The molecule has 2 aliphatic rings. The van der Waals surface area contributed by atoms with Crippen molar-refractivity contribution in [3.63, 3.8) is 0 Å². The number of piperazine rings is 1. The van der Waals surface area contributed by atoms with Crippen LogP contribution in [0.15, 0.2) is 54.6 Å². The molecule has 0 radical (unpaired) electrons. The van der Waals surface area contributed by atoms with Crippen molar-refractivity contribution < 1.29 is 29.4 Å². The third kappa shape index (κ3) is 4.84. The molecular weight excluding hydrogens is 438 g/mol. The largest absolute Gasteiger partial charge is 0.508 e. The van der Waals surface area contributed by atoms with E-state index >= 15 is 0 Å². The molecule has 9 heteroatoms. The van der Waals surface area contributed by atoms with Gasteiger partial charge in [-0.2, -0.15) is 5.06 Å². The number of aromatic hydroxyl groups is 1. The highest BCUT2D eigenvalue weighted by Crippen LogP contribution is 2.31. The summed E-state index contributed by atoms with van der Waals surface area (Å²) in [5, 5.41) is 20.4. The average Bonchev–Trinajstić information content (AvgIpc) is 2.83. The van der Waals surface area contributed by atoms with Crippen LogP contribution >= 0.6 is 0 Å². The summed E-state index contributed by atoms with van der Waals surface area (Å²) >= 11 is 0. The second-order valence-electron chi connectivity index (χ2n) is 8.66. The first kappa shape index (κ1) is 23.6. The molecule has 2 aliphatic heterocycles. The molecule has 2 aromatic rings. The van der Waals surface area contributed by atoms with Gasteiger partial charge in [0.15, 0.2) is 12.3 Å². The zero-order chi connectivity index (χ0) is 24.2. The minimum Gasteiger partial charge on any atom is -0.508 e. The van der Waals surface area contributed by atoms with Crippen molar-refractivity contribution >= 4 is 17.9 Å². The van der Waals surface area contributed by atoms with Gasteiger partial charge in [0.2, 0.25) is 5.91 Å². The third-order valence-corrected chi connectivity index (χ3v) is 6.27. The molecule has 0 saturated carbocycles. The van der Waals surface area contributed by atoms with Gasteiger partial charge in [0, 0.05) is 13.0 Å². The van der Waals surface area contributed by atoms with E-state index in [-0.39, 0.29) is 37.1 Å². The van der Waals surface area contributed by atoms with Crippen LogP contribution in [-0.2, 0) is 27.4 Å². The number of carbonyl (C=O) groups is 3. The van der Waals surface area contributed by atoms with Gasteiger partial charge in [-0.3, -0.25) is 14.4 Å². The zero-order valence-corrected chi connectivity index (χ0v) is 19.0. The van der Waals surface area contributed by atoms with Crippen molar-refractivity contribution in [2.45, 2.75) is 57.5 Å². The first-order chi connectivity index (χ1) is 16.4. The van der Waals surface area contributed by atoms with E-state index in [0.29, 0.717) is 12.8 Å². The van der Waals surface area contributed by atoms with Crippen molar-refractivity contribution in [3.8, 4) is 5.75 Å². The molecule has 3 unspecified atom stereocenters. The zero-order valence-electron chi connectivity index (χ0n) is 19.0. The van der Waals surface area contributed by atoms with E-state index in [4.69, 9.17) is 4.84 Å². The summed E-state index contributed by atoms with van der Waals surface area (Å²) in [5.41, 5.74) is 1.65. The van der Waals surface area contributed by atoms with Crippen molar-refractivity contribution in [2.75, 3.05) is 6.54 Å². The fourth-order valence-corrected chi connectivity index (χ4v) is 4.54. The van der Waals surface area contributed by atoms with Crippen molar-refractivity contribution in [3.05, 3.63) is 65.7 Å². The molecular formula is C25H29N3O6. The Morgan fingerprint density at radius 1 is 1.03 bits per heavy atom. The highest BCUT2D eigenvalue weighted by Gasteiger charge is 2.52. The number of phenolic OH excluding ortho intramolecular Hbond substituents is 1. The monoisotopic (exact) mass is 467 g/mol. The fraction of sp³-hybridized carbons (Fsp3) is 0.400. The summed E-state index contributed by atoms with van der Waals surface area (Å²) in [6.07, 6.45) is -1.13. The lowest BCUT2D eigenvalue weighted by Gasteiger charge is -2.52. The van der Waals surface area contributed by atoms with E-state index in [0.717, 1.165) is 22.6 Å². The van der Waals surface area contributed by atoms with Gasteiger partial charge in [-0.1, -0.05) is 62.2 Å². The predicted octanol–water partition coefficient (Wildman–Crippen LogP) is 2.98. The SMILES string of the molecule is CCCCC1ON(C(=O)O)C2CN(Cc3ccccc3)C(=O)C(Cc3ccc(O)cc3)N2C1=O. The van der Waals surface area contributed by atoms with Gasteiger partial charge >= 0.3 is 6.09 Å². The third-order valence-electron chi connectivity index (χ3n) is 6.27. The van der Waals surface area contributed by atoms with Crippen LogP contribution in [0.2, 0.25) is 0 Å². The summed E-state index contributed by atoms with van der Waals surface area (Å²) in [6.45, 7) is 2.28. The van der Waals surface area contributed by atoms with Crippen LogP contribution in [0.1, 0.15) is 37.3 Å². The average molecular weight is 468 g/mol. The number of carbonyl (C=O) groups excluding carboxylic acids is 2. The molecule has 2 saturated heterocycles. The van der Waals surface area contributed by atoms with Crippen molar-refractivity contribution in [1.29, 1.82) is 0 Å². The summed E-state index contributed by atoms with van der Waals surface area (Å²) in [7, 11) is 0. The number of phenols is 1. The molecule has 180 valence electrons. The van der Waals surface area contributed by atoms with Crippen LogP contribution in [0.25, 0.3) is 0 Å². The molecule has 2 fully saturated rings.